The second kappa shape index (κ2) is 2.87. The summed E-state index contributed by atoms with van der Waals surface area (Å²) in [6, 6.07) is 0. The Morgan fingerprint density at radius 2 is 1.73 bits per heavy atom. The molecule has 1 saturated heterocycles. The lowest BCUT2D eigenvalue weighted by molar-refractivity contribution is -0.144. The molecule has 1 spiro atoms. The molecular weight excluding hydrogens is 198 g/mol. The Labute approximate surface area is 87.7 Å². The molecule has 1 saturated carbocycles. The number of carboxylic acid groups (broad SMARTS) is 2. The Morgan fingerprint density at radius 1 is 1.20 bits per heavy atom. The number of carbonyl (C=O) groups is 2. The van der Waals surface area contributed by atoms with E-state index < -0.39 is 17.5 Å². The minimum absolute atomic E-state index is 0.134. The highest BCUT2D eigenvalue weighted by atomic mass is 16.4. The van der Waals surface area contributed by atoms with Gasteiger partial charge in [-0.3, -0.25) is 4.79 Å². The number of rotatable bonds is 1. The highest BCUT2D eigenvalue weighted by molar-refractivity contribution is 5.79. The zero-order chi connectivity index (χ0) is 11.3. The molecule has 2 N–H and O–H groups in total. The Bertz CT molecular complexity index is 319. The standard InChI is InChI=1S/C10H15NO4/c1-9(7(12)13)6-10(9)2-4-11(5-3-10)8(14)15/h2-6H2,1H3,(H,12,13)(H,14,15). The Balaban J connectivity index is 2.01. The van der Waals surface area contributed by atoms with Crippen molar-refractivity contribution in [3.8, 4) is 0 Å². The van der Waals surface area contributed by atoms with E-state index in [1.165, 1.54) is 4.90 Å². The van der Waals surface area contributed by atoms with Gasteiger partial charge in [-0.25, -0.2) is 4.79 Å². The SMILES string of the molecule is CC1(C(=O)O)CC12CCN(C(=O)O)CC2. The summed E-state index contributed by atoms with van der Waals surface area (Å²) >= 11 is 0. The highest BCUT2D eigenvalue weighted by Crippen LogP contribution is 2.68. The van der Waals surface area contributed by atoms with Crippen LogP contribution in [-0.4, -0.2) is 40.3 Å². The molecule has 15 heavy (non-hydrogen) atoms. The van der Waals surface area contributed by atoms with Gasteiger partial charge in [0.15, 0.2) is 0 Å². The fourth-order valence-electron chi connectivity index (χ4n) is 2.79. The summed E-state index contributed by atoms with van der Waals surface area (Å²) < 4.78 is 0. The molecule has 0 aromatic carbocycles. The predicted octanol–water partition coefficient (Wildman–Crippen LogP) is 1.24. The first-order valence-corrected chi connectivity index (χ1v) is 5.13. The van der Waals surface area contributed by atoms with Gasteiger partial charge in [0.1, 0.15) is 0 Å². The minimum Gasteiger partial charge on any atom is -0.481 e. The van der Waals surface area contributed by atoms with Gasteiger partial charge in [0.05, 0.1) is 5.41 Å². The third-order valence-electron chi connectivity index (χ3n) is 4.20. The number of carboxylic acids is 1. The van der Waals surface area contributed by atoms with E-state index in [4.69, 9.17) is 10.2 Å². The molecule has 5 nitrogen and oxygen atoms in total. The van der Waals surface area contributed by atoms with Crippen LogP contribution in [0, 0.1) is 10.8 Å². The number of aliphatic carboxylic acids is 1. The van der Waals surface area contributed by atoms with Gasteiger partial charge in [-0.2, -0.15) is 0 Å². The minimum atomic E-state index is -0.900. The van der Waals surface area contributed by atoms with Crippen LogP contribution in [-0.2, 0) is 4.79 Å². The van der Waals surface area contributed by atoms with Crippen LogP contribution in [0.4, 0.5) is 4.79 Å². The lowest BCUT2D eigenvalue weighted by Crippen LogP contribution is -2.40. The van der Waals surface area contributed by atoms with Gasteiger partial charge in [-0.05, 0) is 31.6 Å². The molecular formula is C10H15NO4. The molecule has 0 aromatic heterocycles. The summed E-state index contributed by atoms with van der Waals surface area (Å²) in [4.78, 5) is 23.1. The lowest BCUT2D eigenvalue weighted by Gasteiger charge is -2.32. The van der Waals surface area contributed by atoms with Crippen LogP contribution in [0.2, 0.25) is 0 Å². The molecule has 5 heteroatoms. The number of hydrogen-bond donors (Lipinski definition) is 2. The molecule has 2 aliphatic rings. The van der Waals surface area contributed by atoms with Crippen molar-refractivity contribution in [2.45, 2.75) is 26.2 Å². The van der Waals surface area contributed by atoms with Crippen LogP contribution in [0.5, 0.6) is 0 Å². The summed E-state index contributed by atoms with van der Waals surface area (Å²) in [7, 11) is 0. The van der Waals surface area contributed by atoms with E-state index in [-0.39, 0.29) is 5.41 Å². The first-order chi connectivity index (χ1) is 6.91. The fourth-order valence-corrected chi connectivity index (χ4v) is 2.79. The van der Waals surface area contributed by atoms with E-state index >= 15 is 0 Å². The maximum absolute atomic E-state index is 11.0. The van der Waals surface area contributed by atoms with E-state index in [2.05, 4.69) is 0 Å². The second-order valence-corrected chi connectivity index (χ2v) is 4.86. The van der Waals surface area contributed by atoms with Crippen LogP contribution in [0.3, 0.4) is 0 Å². The van der Waals surface area contributed by atoms with Crippen LogP contribution in [0.15, 0.2) is 0 Å². The third-order valence-corrected chi connectivity index (χ3v) is 4.20. The lowest BCUT2D eigenvalue weighted by atomic mass is 9.85. The summed E-state index contributed by atoms with van der Waals surface area (Å²) in [6.45, 7) is 2.71. The molecule has 2 rings (SSSR count). The quantitative estimate of drug-likeness (QED) is 0.687. The monoisotopic (exact) mass is 213 g/mol. The highest BCUT2D eigenvalue weighted by Gasteiger charge is 2.69. The maximum atomic E-state index is 11.0. The van der Waals surface area contributed by atoms with Gasteiger partial charge >= 0.3 is 12.1 Å². The van der Waals surface area contributed by atoms with Crippen LogP contribution in [0.1, 0.15) is 26.2 Å². The molecule has 1 aliphatic carbocycles. The van der Waals surface area contributed by atoms with Gasteiger partial charge < -0.3 is 15.1 Å². The number of nitrogens with zero attached hydrogens (tertiary/aromatic N) is 1. The molecule has 1 atom stereocenters. The van der Waals surface area contributed by atoms with E-state index in [1.54, 1.807) is 6.92 Å². The van der Waals surface area contributed by atoms with E-state index in [1.807, 2.05) is 0 Å². The molecule has 1 amide bonds. The van der Waals surface area contributed by atoms with E-state index in [9.17, 15) is 9.59 Å². The van der Waals surface area contributed by atoms with Crippen molar-refractivity contribution >= 4 is 12.1 Å². The normalized spacial score (nSPS) is 32.7. The Kier molecular flexibility index (Phi) is 1.96. The molecule has 0 aromatic rings. The zero-order valence-electron chi connectivity index (χ0n) is 8.69. The Hall–Kier alpha value is -1.26. The fraction of sp³-hybridized carbons (Fsp3) is 0.800. The second-order valence-electron chi connectivity index (χ2n) is 4.86. The molecule has 2 fully saturated rings. The molecule has 84 valence electrons. The number of amides is 1. The molecule has 1 unspecified atom stereocenters. The van der Waals surface area contributed by atoms with Gasteiger partial charge in [-0.1, -0.05) is 0 Å². The number of hydrogen-bond acceptors (Lipinski definition) is 2. The first kappa shape index (κ1) is 10.3. The Morgan fingerprint density at radius 3 is 2.07 bits per heavy atom. The van der Waals surface area contributed by atoms with Gasteiger partial charge in [0.2, 0.25) is 0 Å². The van der Waals surface area contributed by atoms with Crippen molar-refractivity contribution in [2.24, 2.45) is 10.8 Å². The van der Waals surface area contributed by atoms with Crippen molar-refractivity contribution < 1.29 is 19.8 Å². The summed E-state index contributed by atoms with van der Waals surface area (Å²) in [5.41, 5.74) is -0.748. The predicted molar refractivity (Wildman–Crippen MR) is 51.6 cm³/mol. The van der Waals surface area contributed by atoms with Gasteiger partial charge in [0, 0.05) is 13.1 Å². The van der Waals surface area contributed by atoms with E-state index in [0.717, 1.165) is 0 Å². The molecule has 0 radical (unpaired) electrons. The average Bonchev–Trinajstić information content (AvgIpc) is 2.73. The van der Waals surface area contributed by atoms with Crippen LogP contribution >= 0.6 is 0 Å². The smallest absolute Gasteiger partial charge is 0.407 e. The number of likely N-dealkylation sites (tertiary alicyclic amines) is 1. The van der Waals surface area contributed by atoms with Crippen LogP contribution in [0.25, 0.3) is 0 Å². The largest absolute Gasteiger partial charge is 0.481 e. The van der Waals surface area contributed by atoms with Crippen molar-refractivity contribution in [3.05, 3.63) is 0 Å². The van der Waals surface area contributed by atoms with E-state index in [0.29, 0.717) is 32.4 Å². The van der Waals surface area contributed by atoms with Gasteiger partial charge in [0.25, 0.3) is 0 Å². The zero-order valence-corrected chi connectivity index (χ0v) is 8.69. The third kappa shape index (κ3) is 1.29. The van der Waals surface area contributed by atoms with Crippen molar-refractivity contribution in [3.63, 3.8) is 0 Å². The molecule has 1 aliphatic heterocycles. The summed E-state index contributed by atoms with van der Waals surface area (Å²) in [6.07, 6.45) is 1.16. The summed E-state index contributed by atoms with van der Waals surface area (Å²) in [5, 5.41) is 17.9. The van der Waals surface area contributed by atoms with Crippen molar-refractivity contribution in [1.82, 2.24) is 4.90 Å². The maximum Gasteiger partial charge on any atom is 0.407 e. The van der Waals surface area contributed by atoms with Crippen molar-refractivity contribution in [1.29, 1.82) is 0 Å². The van der Waals surface area contributed by atoms with Crippen molar-refractivity contribution in [2.75, 3.05) is 13.1 Å². The average molecular weight is 213 g/mol. The molecule has 1 heterocycles. The molecule has 0 bridgehead atoms. The number of piperidine rings is 1. The van der Waals surface area contributed by atoms with Crippen LogP contribution < -0.4 is 0 Å². The first-order valence-electron chi connectivity index (χ1n) is 5.13. The van der Waals surface area contributed by atoms with Gasteiger partial charge in [-0.15, -0.1) is 0 Å². The summed E-state index contributed by atoms with van der Waals surface area (Å²) in [5.74, 6) is -0.744. The topological polar surface area (TPSA) is 77.8 Å².